The average molecular weight is 313 g/mol. The van der Waals surface area contributed by atoms with Crippen molar-refractivity contribution in [2.24, 2.45) is 0 Å². The van der Waals surface area contributed by atoms with Crippen molar-refractivity contribution >= 4 is 11.6 Å². The van der Waals surface area contributed by atoms with Gasteiger partial charge in [-0.3, -0.25) is 4.79 Å². The van der Waals surface area contributed by atoms with Gasteiger partial charge in [0, 0.05) is 11.3 Å². The summed E-state index contributed by atoms with van der Waals surface area (Å²) in [6.45, 7) is 6.62. The van der Waals surface area contributed by atoms with Crippen molar-refractivity contribution in [2.45, 2.75) is 27.2 Å². The molecule has 0 saturated carbocycles. The van der Waals surface area contributed by atoms with Gasteiger partial charge in [-0.15, -0.1) is 0 Å². The van der Waals surface area contributed by atoms with Crippen LogP contribution in [0.2, 0.25) is 0 Å². The van der Waals surface area contributed by atoms with Crippen LogP contribution >= 0.6 is 0 Å². The van der Waals surface area contributed by atoms with E-state index in [2.05, 4.69) is 5.32 Å². The Morgan fingerprint density at radius 3 is 2.57 bits per heavy atom. The van der Waals surface area contributed by atoms with Crippen LogP contribution in [0.15, 0.2) is 36.4 Å². The van der Waals surface area contributed by atoms with Crippen molar-refractivity contribution in [1.82, 2.24) is 0 Å². The largest absolute Gasteiger partial charge is 0.493 e. The molecule has 2 aromatic carbocycles. The third-order valence-electron chi connectivity index (χ3n) is 3.53. The average Bonchev–Trinajstić information content (AvgIpc) is 2.56. The van der Waals surface area contributed by atoms with E-state index in [1.807, 2.05) is 39.0 Å². The number of aryl methyl sites for hydroxylation is 2. The predicted octanol–water partition coefficient (Wildman–Crippen LogP) is 4.35. The van der Waals surface area contributed by atoms with Crippen molar-refractivity contribution in [3.63, 3.8) is 0 Å². The normalized spacial score (nSPS) is 10.3. The number of anilines is 1. The Kier molecular flexibility index (Phi) is 5.63. The minimum absolute atomic E-state index is 0.168. The van der Waals surface area contributed by atoms with Gasteiger partial charge < -0.3 is 14.8 Å². The van der Waals surface area contributed by atoms with Gasteiger partial charge in [-0.05, 0) is 55.7 Å². The lowest BCUT2D eigenvalue weighted by Gasteiger charge is -2.13. The second-order valence-corrected chi connectivity index (χ2v) is 5.49. The van der Waals surface area contributed by atoms with Crippen LogP contribution in [-0.4, -0.2) is 19.6 Å². The Morgan fingerprint density at radius 1 is 1.09 bits per heavy atom. The fourth-order valence-corrected chi connectivity index (χ4v) is 2.21. The molecule has 0 saturated heterocycles. The van der Waals surface area contributed by atoms with Crippen molar-refractivity contribution in [3.8, 4) is 11.5 Å². The summed E-state index contributed by atoms with van der Waals surface area (Å²) in [5.41, 5.74) is 3.48. The van der Waals surface area contributed by atoms with E-state index >= 15 is 0 Å². The molecule has 4 heteroatoms. The zero-order valence-corrected chi connectivity index (χ0v) is 14.1. The molecule has 0 aliphatic carbocycles. The molecule has 2 aromatic rings. The number of benzene rings is 2. The number of amides is 1. The molecular weight excluding hydrogens is 290 g/mol. The number of carbonyl (C=O) groups is 1. The van der Waals surface area contributed by atoms with E-state index in [0.29, 0.717) is 23.7 Å². The van der Waals surface area contributed by atoms with Crippen LogP contribution in [0.1, 0.15) is 34.8 Å². The van der Waals surface area contributed by atoms with Crippen LogP contribution in [-0.2, 0) is 0 Å². The van der Waals surface area contributed by atoms with E-state index in [-0.39, 0.29) is 5.91 Å². The lowest BCUT2D eigenvalue weighted by atomic mass is 10.1. The molecule has 0 spiro atoms. The van der Waals surface area contributed by atoms with Crippen molar-refractivity contribution in [1.29, 1.82) is 0 Å². The number of methoxy groups -OCH3 is 1. The summed E-state index contributed by atoms with van der Waals surface area (Å²) in [7, 11) is 1.57. The number of ether oxygens (including phenoxy) is 2. The Bertz CT molecular complexity index is 695. The maximum Gasteiger partial charge on any atom is 0.255 e. The van der Waals surface area contributed by atoms with E-state index in [0.717, 1.165) is 23.2 Å². The summed E-state index contributed by atoms with van der Waals surface area (Å²) in [6.07, 6.45) is 0.915. The smallest absolute Gasteiger partial charge is 0.255 e. The monoisotopic (exact) mass is 313 g/mol. The standard InChI is InChI=1S/C19H23NO3/c1-5-10-23-17-9-8-15(12-18(17)22-4)19(21)20-16-11-13(2)6-7-14(16)3/h6-9,11-12H,5,10H2,1-4H3,(H,20,21). The second-order valence-electron chi connectivity index (χ2n) is 5.49. The Hall–Kier alpha value is -2.49. The lowest BCUT2D eigenvalue weighted by Crippen LogP contribution is -2.13. The number of hydrogen-bond acceptors (Lipinski definition) is 3. The van der Waals surface area contributed by atoms with Crippen molar-refractivity contribution < 1.29 is 14.3 Å². The molecule has 0 aliphatic heterocycles. The molecule has 0 unspecified atom stereocenters. The molecule has 0 fully saturated rings. The van der Waals surface area contributed by atoms with Gasteiger partial charge in [-0.25, -0.2) is 0 Å². The van der Waals surface area contributed by atoms with Gasteiger partial charge in [0.1, 0.15) is 0 Å². The van der Waals surface area contributed by atoms with Crippen molar-refractivity contribution in [2.75, 3.05) is 19.0 Å². The molecule has 0 atom stereocenters. The molecule has 4 nitrogen and oxygen atoms in total. The highest BCUT2D eigenvalue weighted by Gasteiger charge is 2.12. The molecule has 0 aliphatic rings. The molecule has 1 amide bonds. The highest BCUT2D eigenvalue weighted by Crippen LogP contribution is 2.28. The fourth-order valence-electron chi connectivity index (χ4n) is 2.21. The molecule has 122 valence electrons. The lowest BCUT2D eigenvalue weighted by molar-refractivity contribution is 0.102. The minimum Gasteiger partial charge on any atom is -0.493 e. The van der Waals surface area contributed by atoms with Gasteiger partial charge in [0.05, 0.1) is 13.7 Å². The molecule has 23 heavy (non-hydrogen) atoms. The summed E-state index contributed by atoms with van der Waals surface area (Å²) in [5, 5.41) is 2.95. The van der Waals surface area contributed by atoms with Gasteiger partial charge in [0.25, 0.3) is 5.91 Å². The van der Waals surface area contributed by atoms with Crippen LogP contribution in [0.5, 0.6) is 11.5 Å². The van der Waals surface area contributed by atoms with Crippen LogP contribution in [0, 0.1) is 13.8 Å². The van der Waals surface area contributed by atoms with Crippen LogP contribution < -0.4 is 14.8 Å². The van der Waals surface area contributed by atoms with Crippen LogP contribution in [0.4, 0.5) is 5.69 Å². The van der Waals surface area contributed by atoms with E-state index in [9.17, 15) is 4.79 Å². The van der Waals surface area contributed by atoms with Gasteiger partial charge in [0.15, 0.2) is 11.5 Å². The van der Waals surface area contributed by atoms with Crippen molar-refractivity contribution in [3.05, 3.63) is 53.1 Å². The fraction of sp³-hybridized carbons (Fsp3) is 0.316. The minimum atomic E-state index is -0.168. The first-order valence-electron chi connectivity index (χ1n) is 7.74. The maximum atomic E-state index is 12.5. The first kappa shape index (κ1) is 16.9. The predicted molar refractivity (Wildman–Crippen MR) is 92.6 cm³/mol. The summed E-state index contributed by atoms with van der Waals surface area (Å²) < 4.78 is 10.9. The van der Waals surface area contributed by atoms with Crippen LogP contribution in [0.3, 0.4) is 0 Å². The highest BCUT2D eigenvalue weighted by atomic mass is 16.5. The Balaban J connectivity index is 2.20. The molecule has 0 radical (unpaired) electrons. The molecule has 1 N–H and O–H groups in total. The van der Waals surface area contributed by atoms with Gasteiger partial charge in [-0.2, -0.15) is 0 Å². The Morgan fingerprint density at radius 2 is 1.87 bits per heavy atom. The third-order valence-corrected chi connectivity index (χ3v) is 3.53. The summed E-state index contributed by atoms with van der Waals surface area (Å²) in [5.74, 6) is 1.05. The number of rotatable bonds is 6. The number of carbonyl (C=O) groups excluding carboxylic acids is 1. The van der Waals surface area contributed by atoms with Crippen LogP contribution in [0.25, 0.3) is 0 Å². The first-order valence-corrected chi connectivity index (χ1v) is 7.74. The van der Waals surface area contributed by atoms with Gasteiger partial charge in [-0.1, -0.05) is 19.1 Å². The van der Waals surface area contributed by atoms with E-state index in [4.69, 9.17) is 9.47 Å². The SMILES string of the molecule is CCCOc1ccc(C(=O)Nc2cc(C)ccc2C)cc1OC. The molecule has 0 bridgehead atoms. The van der Waals surface area contributed by atoms with Gasteiger partial charge >= 0.3 is 0 Å². The summed E-state index contributed by atoms with van der Waals surface area (Å²) in [6, 6.07) is 11.2. The second kappa shape index (κ2) is 7.68. The maximum absolute atomic E-state index is 12.5. The van der Waals surface area contributed by atoms with E-state index in [1.165, 1.54) is 0 Å². The molecule has 2 rings (SSSR count). The zero-order chi connectivity index (χ0) is 16.8. The van der Waals surface area contributed by atoms with E-state index in [1.54, 1.807) is 25.3 Å². The summed E-state index contributed by atoms with van der Waals surface area (Å²) in [4.78, 5) is 12.5. The zero-order valence-electron chi connectivity index (χ0n) is 14.1. The molecular formula is C19H23NO3. The number of hydrogen-bond donors (Lipinski definition) is 1. The van der Waals surface area contributed by atoms with Gasteiger partial charge in [0.2, 0.25) is 0 Å². The summed E-state index contributed by atoms with van der Waals surface area (Å²) >= 11 is 0. The quantitative estimate of drug-likeness (QED) is 0.862. The number of nitrogens with one attached hydrogen (secondary N) is 1. The molecule has 0 aromatic heterocycles. The van der Waals surface area contributed by atoms with E-state index < -0.39 is 0 Å². The third kappa shape index (κ3) is 4.25. The molecule has 0 heterocycles. The topological polar surface area (TPSA) is 47.6 Å². The first-order chi connectivity index (χ1) is 11.0. The highest BCUT2D eigenvalue weighted by molar-refractivity contribution is 6.05. The Labute approximate surface area is 137 Å².